The molecule has 0 radical (unpaired) electrons. The summed E-state index contributed by atoms with van der Waals surface area (Å²) in [5, 5.41) is 3.20. The van der Waals surface area contributed by atoms with E-state index in [2.05, 4.69) is 15.0 Å². The van der Waals surface area contributed by atoms with Gasteiger partial charge in [-0.3, -0.25) is 4.98 Å². The molecule has 0 fully saturated rings. The topological polar surface area (TPSA) is 64.4 Å². The van der Waals surface area contributed by atoms with Crippen LogP contribution in [-0.4, -0.2) is 18.1 Å². The Morgan fingerprint density at radius 1 is 1.50 bits per heavy atom. The molecular formula is C13H14N2O3. The number of rotatable bonds is 4. The molecule has 0 aliphatic carbocycles. The highest BCUT2D eigenvalue weighted by Gasteiger charge is 2.15. The zero-order chi connectivity index (χ0) is 13.0. The molecule has 2 aromatic rings. The predicted octanol–water partition coefficient (Wildman–Crippen LogP) is 2.38. The lowest BCUT2D eigenvalue weighted by Crippen LogP contribution is -2.07. The second-order valence-electron chi connectivity index (χ2n) is 3.81. The summed E-state index contributed by atoms with van der Waals surface area (Å²) >= 11 is 0. The van der Waals surface area contributed by atoms with E-state index in [9.17, 15) is 4.79 Å². The van der Waals surface area contributed by atoms with E-state index >= 15 is 0 Å². The van der Waals surface area contributed by atoms with Crippen molar-refractivity contribution >= 4 is 11.7 Å². The number of ether oxygens (including phenoxy) is 1. The SMILES string of the molecule is COC(=O)c1occc1CNc1cnccc1C. The van der Waals surface area contributed by atoms with Gasteiger partial charge >= 0.3 is 5.97 Å². The van der Waals surface area contributed by atoms with Crippen LogP contribution in [0.15, 0.2) is 35.2 Å². The fourth-order valence-corrected chi connectivity index (χ4v) is 1.59. The Balaban J connectivity index is 2.09. The number of aryl methyl sites for hydroxylation is 1. The van der Waals surface area contributed by atoms with Gasteiger partial charge in [0.1, 0.15) is 0 Å². The second-order valence-corrected chi connectivity index (χ2v) is 3.81. The van der Waals surface area contributed by atoms with Crippen molar-refractivity contribution in [3.05, 3.63) is 47.7 Å². The van der Waals surface area contributed by atoms with E-state index in [1.165, 1.54) is 13.4 Å². The number of esters is 1. The lowest BCUT2D eigenvalue weighted by atomic mass is 10.2. The van der Waals surface area contributed by atoms with E-state index in [0.29, 0.717) is 6.54 Å². The van der Waals surface area contributed by atoms with Gasteiger partial charge < -0.3 is 14.5 Å². The Kier molecular flexibility index (Phi) is 3.62. The molecule has 0 aromatic carbocycles. The van der Waals surface area contributed by atoms with Gasteiger partial charge in [-0.1, -0.05) is 0 Å². The van der Waals surface area contributed by atoms with Crippen molar-refractivity contribution in [2.45, 2.75) is 13.5 Å². The number of nitrogens with zero attached hydrogens (tertiary/aromatic N) is 1. The number of carbonyl (C=O) groups is 1. The zero-order valence-corrected chi connectivity index (χ0v) is 10.3. The number of methoxy groups -OCH3 is 1. The molecule has 1 N–H and O–H groups in total. The number of furan rings is 1. The molecule has 5 nitrogen and oxygen atoms in total. The van der Waals surface area contributed by atoms with E-state index in [0.717, 1.165) is 16.8 Å². The molecule has 94 valence electrons. The van der Waals surface area contributed by atoms with Gasteiger partial charge in [-0.15, -0.1) is 0 Å². The quantitative estimate of drug-likeness (QED) is 0.839. The first-order chi connectivity index (χ1) is 8.72. The van der Waals surface area contributed by atoms with Crippen molar-refractivity contribution in [2.24, 2.45) is 0 Å². The summed E-state index contributed by atoms with van der Waals surface area (Å²) in [7, 11) is 1.33. The highest BCUT2D eigenvalue weighted by molar-refractivity contribution is 5.87. The predicted molar refractivity (Wildman–Crippen MR) is 66.3 cm³/mol. The van der Waals surface area contributed by atoms with Crippen molar-refractivity contribution in [1.29, 1.82) is 0 Å². The van der Waals surface area contributed by atoms with E-state index in [4.69, 9.17) is 4.42 Å². The van der Waals surface area contributed by atoms with Gasteiger partial charge in [0.15, 0.2) is 0 Å². The first kappa shape index (κ1) is 12.2. The number of pyridine rings is 1. The minimum Gasteiger partial charge on any atom is -0.463 e. The lowest BCUT2D eigenvalue weighted by Gasteiger charge is -2.08. The van der Waals surface area contributed by atoms with Gasteiger partial charge in [0, 0.05) is 18.3 Å². The van der Waals surface area contributed by atoms with Crippen LogP contribution < -0.4 is 5.32 Å². The molecule has 18 heavy (non-hydrogen) atoms. The monoisotopic (exact) mass is 246 g/mol. The van der Waals surface area contributed by atoms with Crippen molar-refractivity contribution in [2.75, 3.05) is 12.4 Å². The molecule has 2 rings (SSSR count). The Morgan fingerprint density at radius 3 is 3.06 bits per heavy atom. The summed E-state index contributed by atoms with van der Waals surface area (Å²) in [5.41, 5.74) is 2.77. The Morgan fingerprint density at radius 2 is 2.33 bits per heavy atom. The molecule has 2 aromatic heterocycles. The average Bonchev–Trinajstić information content (AvgIpc) is 2.85. The van der Waals surface area contributed by atoms with Crippen LogP contribution in [0.3, 0.4) is 0 Å². The van der Waals surface area contributed by atoms with E-state index in [-0.39, 0.29) is 5.76 Å². The van der Waals surface area contributed by atoms with Crippen LogP contribution in [-0.2, 0) is 11.3 Å². The van der Waals surface area contributed by atoms with E-state index in [1.807, 2.05) is 13.0 Å². The molecule has 0 saturated heterocycles. The highest BCUT2D eigenvalue weighted by Crippen LogP contribution is 2.16. The summed E-state index contributed by atoms with van der Waals surface area (Å²) in [6, 6.07) is 3.66. The number of hydrogen-bond donors (Lipinski definition) is 1. The maximum absolute atomic E-state index is 11.4. The van der Waals surface area contributed by atoms with Crippen molar-refractivity contribution in [3.63, 3.8) is 0 Å². The van der Waals surface area contributed by atoms with Crippen LogP contribution >= 0.6 is 0 Å². The molecule has 0 aliphatic rings. The van der Waals surface area contributed by atoms with Crippen LogP contribution in [0.1, 0.15) is 21.7 Å². The molecule has 0 bridgehead atoms. The normalized spacial score (nSPS) is 10.1. The van der Waals surface area contributed by atoms with Crippen LogP contribution in [0.4, 0.5) is 5.69 Å². The first-order valence-electron chi connectivity index (χ1n) is 5.51. The minimum atomic E-state index is -0.472. The summed E-state index contributed by atoms with van der Waals surface area (Å²) < 4.78 is 9.74. The molecule has 0 saturated carbocycles. The van der Waals surface area contributed by atoms with Crippen LogP contribution in [0.2, 0.25) is 0 Å². The fraction of sp³-hybridized carbons (Fsp3) is 0.231. The molecular weight excluding hydrogens is 232 g/mol. The van der Waals surface area contributed by atoms with E-state index < -0.39 is 5.97 Å². The molecule has 0 unspecified atom stereocenters. The fourth-order valence-electron chi connectivity index (χ4n) is 1.59. The number of anilines is 1. The Bertz CT molecular complexity index is 549. The number of hydrogen-bond acceptors (Lipinski definition) is 5. The highest BCUT2D eigenvalue weighted by atomic mass is 16.5. The molecule has 5 heteroatoms. The Hall–Kier alpha value is -2.30. The van der Waals surface area contributed by atoms with Crippen LogP contribution in [0.5, 0.6) is 0 Å². The third-order valence-corrected chi connectivity index (χ3v) is 2.63. The third kappa shape index (κ3) is 2.51. The minimum absolute atomic E-state index is 0.228. The number of aromatic nitrogens is 1. The van der Waals surface area contributed by atoms with Crippen LogP contribution in [0, 0.1) is 6.92 Å². The van der Waals surface area contributed by atoms with Crippen molar-refractivity contribution in [1.82, 2.24) is 4.98 Å². The standard InChI is InChI=1S/C13H14N2O3/c1-9-3-5-14-8-11(9)15-7-10-4-6-18-12(10)13(16)17-2/h3-6,8,15H,7H2,1-2H3. The van der Waals surface area contributed by atoms with Crippen molar-refractivity contribution < 1.29 is 13.9 Å². The van der Waals surface area contributed by atoms with Crippen LogP contribution in [0.25, 0.3) is 0 Å². The molecule has 0 amide bonds. The largest absolute Gasteiger partial charge is 0.463 e. The van der Waals surface area contributed by atoms with Gasteiger partial charge in [-0.05, 0) is 24.6 Å². The first-order valence-corrected chi connectivity index (χ1v) is 5.51. The second kappa shape index (κ2) is 5.35. The summed E-state index contributed by atoms with van der Waals surface area (Å²) in [4.78, 5) is 15.5. The smallest absolute Gasteiger partial charge is 0.374 e. The van der Waals surface area contributed by atoms with Gasteiger partial charge in [0.2, 0.25) is 5.76 Å². The van der Waals surface area contributed by atoms with Gasteiger partial charge in [0.05, 0.1) is 25.3 Å². The van der Waals surface area contributed by atoms with Gasteiger partial charge in [-0.2, -0.15) is 0 Å². The zero-order valence-electron chi connectivity index (χ0n) is 10.3. The van der Waals surface area contributed by atoms with Crippen molar-refractivity contribution in [3.8, 4) is 0 Å². The van der Waals surface area contributed by atoms with E-state index in [1.54, 1.807) is 18.5 Å². The molecule has 0 aliphatic heterocycles. The lowest BCUT2D eigenvalue weighted by molar-refractivity contribution is 0.0563. The maximum Gasteiger partial charge on any atom is 0.374 e. The number of carbonyl (C=O) groups excluding carboxylic acids is 1. The summed E-state index contributed by atoms with van der Waals surface area (Å²) in [6.07, 6.45) is 4.95. The summed E-state index contributed by atoms with van der Waals surface area (Å²) in [5.74, 6) is -0.244. The molecule has 0 atom stereocenters. The van der Waals surface area contributed by atoms with Gasteiger partial charge in [0.25, 0.3) is 0 Å². The molecule has 0 spiro atoms. The summed E-state index contributed by atoms with van der Waals surface area (Å²) in [6.45, 7) is 2.47. The molecule has 2 heterocycles. The average molecular weight is 246 g/mol. The Labute approximate surface area is 105 Å². The third-order valence-electron chi connectivity index (χ3n) is 2.63. The number of nitrogens with one attached hydrogen (secondary N) is 1. The van der Waals surface area contributed by atoms with Gasteiger partial charge in [-0.25, -0.2) is 4.79 Å². The maximum atomic E-state index is 11.4.